The van der Waals surface area contributed by atoms with Gasteiger partial charge < -0.3 is 19.5 Å². The van der Waals surface area contributed by atoms with E-state index in [1.165, 1.54) is 39.5 Å². The number of thioether (sulfide) groups is 1. The molecule has 0 fully saturated rings. The highest BCUT2D eigenvalue weighted by molar-refractivity contribution is 8.04. The van der Waals surface area contributed by atoms with Crippen LogP contribution in [0.5, 0.6) is 17.2 Å². The van der Waals surface area contributed by atoms with Crippen molar-refractivity contribution in [3.8, 4) is 17.2 Å². The fraction of sp³-hybridized carbons (Fsp3) is 0.160. The average molecular weight is 534 g/mol. The Balaban J connectivity index is 1.66. The SMILES string of the molecule is COc1cc(OC)c(C=C2Sc3ccc(S(=O)(=O)Cc4c(F)cccc4F)cc3NC2=O)c(OC)c1. The average Bonchev–Trinajstić information content (AvgIpc) is 2.86. The minimum atomic E-state index is -4.10. The predicted octanol–water partition coefficient (Wildman–Crippen LogP) is 5.05. The zero-order valence-electron chi connectivity index (χ0n) is 19.4. The maximum absolute atomic E-state index is 14.0. The molecule has 0 radical (unpaired) electrons. The second-order valence-electron chi connectivity index (χ2n) is 7.63. The third-order valence-corrected chi connectivity index (χ3v) is 8.17. The van der Waals surface area contributed by atoms with E-state index in [1.54, 1.807) is 18.2 Å². The molecular formula is C25H21F2NO6S2. The first-order valence-corrected chi connectivity index (χ1v) is 12.9. The molecule has 0 saturated carbocycles. The highest BCUT2D eigenvalue weighted by atomic mass is 32.2. The van der Waals surface area contributed by atoms with Gasteiger partial charge in [-0.1, -0.05) is 17.8 Å². The Morgan fingerprint density at radius 2 is 1.58 bits per heavy atom. The molecule has 0 aliphatic carbocycles. The lowest BCUT2D eigenvalue weighted by Gasteiger charge is -2.20. The maximum atomic E-state index is 14.0. The lowest BCUT2D eigenvalue weighted by Crippen LogP contribution is -2.18. The van der Waals surface area contributed by atoms with Crippen LogP contribution in [-0.2, 0) is 20.4 Å². The highest BCUT2D eigenvalue weighted by Crippen LogP contribution is 2.43. The summed E-state index contributed by atoms with van der Waals surface area (Å²) in [5.74, 6) is -1.84. The second kappa shape index (κ2) is 10.2. The van der Waals surface area contributed by atoms with E-state index >= 15 is 0 Å². The van der Waals surface area contributed by atoms with E-state index in [0.29, 0.717) is 32.6 Å². The van der Waals surface area contributed by atoms with Crippen molar-refractivity contribution in [1.29, 1.82) is 0 Å². The molecule has 1 N–H and O–H groups in total. The van der Waals surface area contributed by atoms with Crippen molar-refractivity contribution in [2.75, 3.05) is 26.6 Å². The molecule has 1 aliphatic rings. The minimum Gasteiger partial charge on any atom is -0.496 e. The fourth-order valence-corrected chi connectivity index (χ4v) is 5.89. The van der Waals surface area contributed by atoms with Gasteiger partial charge in [0.15, 0.2) is 9.84 Å². The van der Waals surface area contributed by atoms with Gasteiger partial charge in [-0.2, -0.15) is 0 Å². The topological polar surface area (TPSA) is 90.9 Å². The van der Waals surface area contributed by atoms with Crippen molar-refractivity contribution in [3.63, 3.8) is 0 Å². The molecule has 0 bridgehead atoms. The molecule has 188 valence electrons. The largest absolute Gasteiger partial charge is 0.496 e. The normalized spacial score (nSPS) is 14.2. The summed E-state index contributed by atoms with van der Waals surface area (Å²) in [4.78, 5) is 13.6. The summed E-state index contributed by atoms with van der Waals surface area (Å²) < 4.78 is 69.8. The molecule has 3 aromatic rings. The monoisotopic (exact) mass is 533 g/mol. The molecule has 11 heteroatoms. The summed E-state index contributed by atoms with van der Waals surface area (Å²) >= 11 is 1.13. The Morgan fingerprint density at radius 1 is 0.944 bits per heavy atom. The predicted molar refractivity (Wildman–Crippen MR) is 132 cm³/mol. The number of hydrogen-bond donors (Lipinski definition) is 1. The van der Waals surface area contributed by atoms with Gasteiger partial charge in [0.2, 0.25) is 0 Å². The quantitative estimate of drug-likeness (QED) is 0.425. The van der Waals surface area contributed by atoms with E-state index < -0.39 is 38.7 Å². The molecule has 3 aromatic carbocycles. The smallest absolute Gasteiger partial charge is 0.262 e. The van der Waals surface area contributed by atoms with Crippen molar-refractivity contribution < 1.29 is 36.2 Å². The van der Waals surface area contributed by atoms with Gasteiger partial charge in [-0.05, 0) is 36.4 Å². The Kier molecular flexibility index (Phi) is 7.23. The number of sulfone groups is 1. The number of carbonyl (C=O) groups excluding carboxylic acids is 1. The summed E-state index contributed by atoms with van der Waals surface area (Å²) in [7, 11) is 0.375. The molecule has 0 atom stereocenters. The Morgan fingerprint density at radius 3 is 2.17 bits per heavy atom. The van der Waals surface area contributed by atoms with Crippen molar-refractivity contribution in [2.45, 2.75) is 15.5 Å². The fourth-order valence-electron chi connectivity index (χ4n) is 3.58. The van der Waals surface area contributed by atoms with Crippen LogP contribution in [0.15, 0.2) is 63.2 Å². The van der Waals surface area contributed by atoms with Crippen LogP contribution in [0.25, 0.3) is 6.08 Å². The second-order valence-corrected chi connectivity index (χ2v) is 10.7. The van der Waals surface area contributed by atoms with Gasteiger partial charge >= 0.3 is 0 Å². The zero-order chi connectivity index (χ0) is 26.0. The Hall–Kier alpha value is -3.57. The van der Waals surface area contributed by atoms with E-state index in [2.05, 4.69) is 5.32 Å². The van der Waals surface area contributed by atoms with E-state index in [0.717, 1.165) is 30.0 Å². The number of rotatable bonds is 7. The minimum absolute atomic E-state index is 0.171. The number of ether oxygens (including phenoxy) is 3. The number of anilines is 1. The van der Waals surface area contributed by atoms with Gasteiger partial charge in [0.05, 0.1) is 48.1 Å². The maximum Gasteiger partial charge on any atom is 0.262 e. The zero-order valence-corrected chi connectivity index (χ0v) is 21.1. The third kappa shape index (κ3) is 5.02. The third-order valence-electron chi connectivity index (χ3n) is 5.43. The number of benzene rings is 3. The molecule has 0 unspecified atom stereocenters. The van der Waals surface area contributed by atoms with E-state index in [9.17, 15) is 22.0 Å². The molecule has 0 saturated heterocycles. The summed E-state index contributed by atoms with van der Waals surface area (Å²) in [6, 6.07) is 10.6. The van der Waals surface area contributed by atoms with Crippen LogP contribution in [0.2, 0.25) is 0 Å². The Labute approximate surface area is 211 Å². The van der Waals surface area contributed by atoms with Gasteiger partial charge in [-0.3, -0.25) is 4.79 Å². The van der Waals surface area contributed by atoms with Crippen LogP contribution in [0.3, 0.4) is 0 Å². The van der Waals surface area contributed by atoms with Crippen molar-refractivity contribution >= 4 is 39.3 Å². The molecule has 7 nitrogen and oxygen atoms in total. The van der Waals surface area contributed by atoms with E-state index in [-0.39, 0.29) is 10.6 Å². The van der Waals surface area contributed by atoms with Crippen molar-refractivity contribution in [3.05, 3.63) is 76.2 Å². The lowest BCUT2D eigenvalue weighted by molar-refractivity contribution is -0.112. The number of hydrogen-bond acceptors (Lipinski definition) is 7. The number of amides is 1. The Bertz CT molecular complexity index is 1440. The highest BCUT2D eigenvalue weighted by Gasteiger charge is 2.26. The van der Waals surface area contributed by atoms with Crippen molar-refractivity contribution in [1.82, 2.24) is 0 Å². The first kappa shape index (κ1) is 25.5. The van der Waals surface area contributed by atoms with Gasteiger partial charge in [-0.15, -0.1) is 0 Å². The molecular weight excluding hydrogens is 512 g/mol. The van der Waals surface area contributed by atoms with Crippen LogP contribution in [0.4, 0.5) is 14.5 Å². The standard InChI is InChI=1S/C25H21F2NO6S2/c1-32-14-9-21(33-2)16(22(10-14)34-3)12-24-25(29)28-20-11-15(7-8-23(20)35-24)36(30,31)13-17-18(26)5-4-6-19(17)27/h4-12H,13H2,1-3H3,(H,28,29). The van der Waals surface area contributed by atoms with Gasteiger partial charge in [-0.25, -0.2) is 17.2 Å². The van der Waals surface area contributed by atoms with Crippen molar-refractivity contribution in [2.24, 2.45) is 0 Å². The molecule has 1 heterocycles. The van der Waals surface area contributed by atoms with E-state index in [1.807, 2.05) is 0 Å². The lowest BCUT2D eigenvalue weighted by atomic mass is 10.1. The van der Waals surface area contributed by atoms with E-state index in [4.69, 9.17) is 14.2 Å². The number of fused-ring (bicyclic) bond motifs is 1. The molecule has 1 aliphatic heterocycles. The molecule has 1 amide bonds. The molecule has 0 spiro atoms. The molecule has 0 aromatic heterocycles. The summed E-state index contributed by atoms with van der Waals surface area (Å²) in [6.07, 6.45) is 1.60. The summed E-state index contributed by atoms with van der Waals surface area (Å²) in [6.45, 7) is 0. The van der Waals surface area contributed by atoms with Crippen LogP contribution in [-0.4, -0.2) is 35.7 Å². The number of nitrogens with one attached hydrogen (secondary N) is 1. The van der Waals surface area contributed by atoms with Gasteiger partial charge in [0.1, 0.15) is 28.9 Å². The number of methoxy groups -OCH3 is 3. The molecule has 36 heavy (non-hydrogen) atoms. The summed E-state index contributed by atoms with van der Waals surface area (Å²) in [5.41, 5.74) is 0.250. The first-order chi connectivity index (χ1) is 17.2. The first-order valence-electron chi connectivity index (χ1n) is 10.5. The van der Waals surface area contributed by atoms with Gasteiger partial charge in [0, 0.05) is 22.6 Å². The van der Waals surface area contributed by atoms with Crippen LogP contribution in [0.1, 0.15) is 11.1 Å². The molecule has 4 rings (SSSR count). The van der Waals surface area contributed by atoms with Crippen LogP contribution in [0, 0.1) is 11.6 Å². The number of carbonyl (C=O) groups is 1. The van der Waals surface area contributed by atoms with Gasteiger partial charge in [0.25, 0.3) is 5.91 Å². The van der Waals surface area contributed by atoms with Crippen LogP contribution < -0.4 is 19.5 Å². The number of halogens is 2. The van der Waals surface area contributed by atoms with Crippen LogP contribution >= 0.6 is 11.8 Å². The summed E-state index contributed by atoms with van der Waals surface area (Å²) in [5, 5.41) is 2.68.